The largest absolute Gasteiger partial charge is 0.325 e. The third-order valence-electron chi connectivity index (χ3n) is 4.31. The number of allylic oxidation sites excluding steroid dienone is 1. The smallest absolute Gasteiger partial charge is 0.0453 e. The van der Waals surface area contributed by atoms with Crippen molar-refractivity contribution in [2.75, 3.05) is 0 Å². The van der Waals surface area contributed by atoms with Crippen LogP contribution in [0.5, 0.6) is 0 Å². The first kappa shape index (κ1) is 8.78. The second kappa shape index (κ2) is 3.27. The van der Waals surface area contributed by atoms with E-state index in [1.54, 1.807) is 0 Å². The number of hydrogen-bond acceptors (Lipinski definition) is 2. The van der Waals surface area contributed by atoms with Crippen molar-refractivity contribution in [2.45, 2.75) is 56.9 Å². The molecule has 3 aliphatic rings. The van der Waals surface area contributed by atoms with Crippen molar-refractivity contribution in [3.8, 4) is 0 Å². The van der Waals surface area contributed by atoms with Gasteiger partial charge in [-0.2, -0.15) is 0 Å². The number of rotatable bonds is 0. The summed E-state index contributed by atoms with van der Waals surface area (Å²) in [5, 5.41) is 0. The molecule has 14 heavy (non-hydrogen) atoms. The molecule has 0 aromatic heterocycles. The van der Waals surface area contributed by atoms with E-state index in [2.05, 4.69) is 16.9 Å². The van der Waals surface area contributed by atoms with E-state index >= 15 is 0 Å². The lowest BCUT2D eigenvalue weighted by atomic mass is 9.70. The first-order chi connectivity index (χ1) is 6.91. The molecule has 1 atom stereocenters. The Kier molecular flexibility index (Phi) is 2.05. The molecule has 0 amide bonds. The van der Waals surface area contributed by atoms with Crippen molar-refractivity contribution in [3.05, 3.63) is 11.8 Å². The van der Waals surface area contributed by atoms with Gasteiger partial charge in [0.2, 0.25) is 0 Å². The quantitative estimate of drug-likeness (QED) is 0.616. The first-order valence-electron chi connectivity index (χ1n) is 6.14. The molecule has 0 bridgehead atoms. The van der Waals surface area contributed by atoms with Crippen molar-refractivity contribution in [3.63, 3.8) is 0 Å². The molecule has 2 heteroatoms. The molecule has 78 valence electrons. The Labute approximate surface area is 86.1 Å². The van der Waals surface area contributed by atoms with Crippen LogP contribution < -0.4 is 10.9 Å². The van der Waals surface area contributed by atoms with E-state index in [1.165, 1.54) is 57.1 Å². The molecule has 2 nitrogen and oxygen atoms in total. The van der Waals surface area contributed by atoms with Crippen LogP contribution in [0.4, 0.5) is 0 Å². The van der Waals surface area contributed by atoms with Crippen molar-refractivity contribution >= 4 is 0 Å². The second-order valence-electron chi connectivity index (χ2n) is 5.11. The summed E-state index contributed by atoms with van der Waals surface area (Å²) in [5.74, 6) is 0.802. The van der Waals surface area contributed by atoms with Crippen LogP contribution in [0.2, 0.25) is 0 Å². The van der Waals surface area contributed by atoms with Gasteiger partial charge in [0.05, 0.1) is 0 Å². The summed E-state index contributed by atoms with van der Waals surface area (Å²) >= 11 is 0. The van der Waals surface area contributed by atoms with Crippen molar-refractivity contribution in [2.24, 2.45) is 5.92 Å². The summed E-state index contributed by atoms with van der Waals surface area (Å²) in [7, 11) is 0. The molecule has 1 spiro atoms. The lowest BCUT2D eigenvalue weighted by Gasteiger charge is -2.38. The van der Waals surface area contributed by atoms with E-state index in [4.69, 9.17) is 0 Å². The molecule has 1 saturated heterocycles. The maximum Gasteiger partial charge on any atom is 0.0453 e. The van der Waals surface area contributed by atoms with Crippen LogP contribution in [0.15, 0.2) is 11.8 Å². The van der Waals surface area contributed by atoms with Gasteiger partial charge < -0.3 is 5.43 Å². The van der Waals surface area contributed by atoms with Crippen LogP contribution in [-0.4, -0.2) is 5.54 Å². The Morgan fingerprint density at radius 1 is 1.14 bits per heavy atom. The van der Waals surface area contributed by atoms with Crippen molar-refractivity contribution < 1.29 is 0 Å². The van der Waals surface area contributed by atoms with Gasteiger partial charge in [0.25, 0.3) is 0 Å². The van der Waals surface area contributed by atoms with Gasteiger partial charge in [0.15, 0.2) is 0 Å². The van der Waals surface area contributed by atoms with Crippen molar-refractivity contribution in [1.82, 2.24) is 10.9 Å². The van der Waals surface area contributed by atoms with E-state index < -0.39 is 0 Å². The van der Waals surface area contributed by atoms with E-state index in [0.29, 0.717) is 5.54 Å². The summed E-state index contributed by atoms with van der Waals surface area (Å²) < 4.78 is 0. The summed E-state index contributed by atoms with van der Waals surface area (Å²) in [6, 6.07) is 0. The first-order valence-corrected chi connectivity index (χ1v) is 6.14. The molecule has 3 rings (SSSR count). The lowest BCUT2D eigenvalue weighted by molar-refractivity contribution is 0.190. The number of hydrazine groups is 1. The Morgan fingerprint density at radius 3 is 2.86 bits per heavy atom. The average Bonchev–Trinajstić information content (AvgIpc) is 2.60. The minimum absolute atomic E-state index is 0.435. The Bertz CT molecular complexity index is 251. The van der Waals surface area contributed by atoms with Gasteiger partial charge >= 0.3 is 0 Å². The van der Waals surface area contributed by atoms with E-state index in [0.717, 1.165) is 5.92 Å². The zero-order valence-electron chi connectivity index (χ0n) is 8.81. The van der Waals surface area contributed by atoms with E-state index in [9.17, 15) is 0 Å². The summed E-state index contributed by atoms with van der Waals surface area (Å²) in [6.45, 7) is 0. The predicted molar refractivity (Wildman–Crippen MR) is 57.5 cm³/mol. The number of fused-ring (bicyclic) bond motifs is 2. The van der Waals surface area contributed by atoms with Crippen LogP contribution in [0.25, 0.3) is 0 Å². The van der Waals surface area contributed by atoms with Gasteiger partial charge in [0, 0.05) is 17.2 Å². The highest BCUT2D eigenvalue weighted by atomic mass is 15.4. The standard InChI is InChI=1S/C12H20N2/c1-4-8-12(9-5-1)10-6-2-3-7-11(10)13-14-12/h7,10,13-14H,1-6,8-9H2/t10-/m1/s1. The predicted octanol–water partition coefficient (Wildman–Crippen LogP) is 2.48. The fraction of sp³-hybridized carbons (Fsp3) is 0.833. The minimum atomic E-state index is 0.435. The molecule has 1 aliphatic heterocycles. The van der Waals surface area contributed by atoms with Gasteiger partial charge in [-0.3, -0.25) is 0 Å². The van der Waals surface area contributed by atoms with Gasteiger partial charge in [-0.05, 0) is 32.1 Å². The maximum atomic E-state index is 3.60. The molecule has 0 unspecified atom stereocenters. The molecule has 1 saturated carbocycles. The molecular formula is C12H20N2. The molecule has 2 N–H and O–H groups in total. The highest BCUT2D eigenvalue weighted by molar-refractivity contribution is 5.20. The van der Waals surface area contributed by atoms with E-state index in [1.807, 2.05) is 0 Å². The monoisotopic (exact) mass is 192 g/mol. The third kappa shape index (κ3) is 1.20. The molecule has 2 aliphatic carbocycles. The Hall–Kier alpha value is -0.500. The van der Waals surface area contributed by atoms with Gasteiger partial charge in [0.1, 0.15) is 0 Å². The molecule has 1 heterocycles. The fourth-order valence-corrected chi connectivity index (χ4v) is 3.53. The van der Waals surface area contributed by atoms with Crippen LogP contribution in [0.1, 0.15) is 51.4 Å². The summed E-state index contributed by atoms with van der Waals surface area (Å²) in [6.07, 6.45) is 13.5. The highest BCUT2D eigenvalue weighted by Crippen LogP contribution is 2.44. The maximum absolute atomic E-state index is 3.60. The molecule has 0 aromatic carbocycles. The molecule has 0 aromatic rings. The van der Waals surface area contributed by atoms with Crippen LogP contribution in [0, 0.1) is 5.92 Å². The van der Waals surface area contributed by atoms with Crippen LogP contribution in [-0.2, 0) is 0 Å². The minimum Gasteiger partial charge on any atom is -0.325 e. The zero-order valence-corrected chi connectivity index (χ0v) is 8.81. The Morgan fingerprint density at radius 2 is 2.00 bits per heavy atom. The normalized spacial score (nSPS) is 34.9. The lowest BCUT2D eigenvalue weighted by Crippen LogP contribution is -2.48. The number of nitrogens with one attached hydrogen (secondary N) is 2. The zero-order chi connectivity index (χ0) is 9.43. The highest BCUT2D eigenvalue weighted by Gasteiger charge is 2.46. The fourth-order valence-electron chi connectivity index (χ4n) is 3.53. The SMILES string of the molecule is C1=C2NNC3(CCCCC3)[C@@H]2CCC1. The van der Waals surface area contributed by atoms with Gasteiger partial charge in [-0.15, -0.1) is 0 Å². The molecule has 2 fully saturated rings. The van der Waals surface area contributed by atoms with Crippen LogP contribution >= 0.6 is 0 Å². The third-order valence-corrected chi connectivity index (χ3v) is 4.31. The molecule has 0 radical (unpaired) electrons. The summed E-state index contributed by atoms with van der Waals surface area (Å²) in [5.41, 5.74) is 8.96. The molecular weight excluding hydrogens is 172 g/mol. The number of hydrogen-bond donors (Lipinski definition) is 2. The Balaban J connectivity index is 1.86. The second-order valence-corrected chi connectivity index (χ2v) is 5.11. The van der Waals surface area contributed by atoms with E-state index in [-0.39, 0.29) is 0 Å². The topological polar surface area (TPSA) is 24.1 Å². The van der Waals surface area contributed by atoms with Crippen molar-refractivity contribution in [1.29, 1.82) is 0 Å². The van der Waals surface area contributed by atoms with Gasteiger partial charge in [-0.25, -0.2) is 5.43 Å². The summed E-state index contributed by atoms with van der Waals surface area (Å²) in [4.78, 5) is 0. The van der Waals surface area contributed by atoms with Crippen LogP contribution in [0.3, 0.4) is 0 Å². The van der Waals surface area contributed by atoms with Gasteiger partial charge in [-0.1, -0.05) is 25.3 Å². The average molecular weight is 192 g/mol.